The van der Waals surface area contributed by atoms with Crippen molar-refractivity contribution in [2.45, 2.75) is 12.8 Å². The van der Waals surface area contributed by atoms with Gasteiger partial charge in [-0.05, 0) is 37.1 Å². The number of pyridine rings is 1. The van der Waals surface area contributed by atoms with Crippen molar-refractivity contribution >= 4 is 38.4 Å². The normalized spacial score (nSPS) is 16.8. The Balaban J connectivity index is 1.47. The van der Waals surface area contributed by atoms with Gasteiger partial charge in [0.1, 0.15) is 21.8 Å². The van der Waals surface area contributed by atoms with Crippen LogP contribution >= 0.6 is 11.3 Å². The number of methoxy groups -OCH3 is 2. The van der Waals surface area contributed by atoms with Crippen molar-refractivity contribution in [3.05, 3.63) is 36.5 Å². The molecule has 2 aromatic heterocycles. The number of piperidine rings is 1. The highest BCUT2D eigenvalue weighted by Crippen LogP contribution is 2.32. The summed E-state index contributed by atoms with van der Waals surface area (Å²) in [5.41, 5.74) is 1.55. The van der Waals surface area contributed by atoms with Crippen molar-refractivity contribution in [1.29, 1.82) is 0 Å². The molecule has 1 fully saturated rings. The van der Waals surface area contributed by atoms with Gasteiger partial charge in [0.05, 0.1) is 25.8 Å². The molecule has 0 bridgehead atoms. The SMILES string of the molecule is COc1ccc(NC(=O)C2CCCN(c3nc4cccnc4s3)C2)c(OC)c1. The molecule has 1 unspecified atom stereocenters. The summed E-state index contributed by atoms with van der Waals surface area (Å²) in [6.45, 7) is 1.54. The molecule has 0 radical (unpaired) electrons. The smallest absolute Gasteiger partial charge is 0.229 e. The van der Waals surface area contributed by atoms with Gasteiger partial charge in [-0.1, -0.05) is 11.3 Å². The summed E-state index contributed by atoms with van der Waals surface area (Å²) < 4.78 is 10.6. The highest BCUT2D eigenvalue weighted by molar-refractivity contribution is 7.21. The number of hydrogen-bond acceptors (Lipinski definition) is 7. The van der Waals surface area contributed by atoms with Gasteiger partial charge in [-0.3, -0.25) is 4.79 Å². The summed E-state index contributed by atoms with van der Waals surface area (Å²) in [5.74, 6) is 1.15. The quantitative estimate of drug-likeness (QED) is 0.708. The lowest BCUT2D eigenvalue weighted by Crippen LogP contribution is -2.40. The van der Waals surface area contributed by atoms with Gasteiger partial charge in [0.25, 0.3) is 0 Å². The predicted octanol–water partition coefficient (Wildman–Crippen LogP) is 3.56. The molecule has 1 aromatic carbocycles. The number of amides is 1. The molecule has 1 amide bonds. The number of hydrogen-bond donors (Lipinski definition) is 1. The first-order valence-electron chi connectivity index (χ1n) is 9.17. The molecule has 1 aliphatic heterocycles. The number of aromatic nitrogens is 2. The molecule has 28 heavy (non-hydrogen) atoms. The van der Waals surface area contributed by atoms with Crippen molar-refractivity contribution in [2.75, 3.05) is 37.5 Å². The zero-order chi connectivity index (χ0) is 19.5. The van der Waals surface area contributed by atoms with E-state index in [2.05, 4.69) is 20.2 Å². The summed E-state index contributed by atoms with van der Waals surface area (Å²) >= 11 is 1.57. The maximum absolute atomic E-state index is 12.9. The second-order valence-corrected chi connectivity index (χ2v) is 7.62. The van der Waals surface area contributed by atoms with Gasteiger partial charge in [-0.25, -0.2) is 9.97 Å². The zero-order valence-electron chi connectivity index (χ0n) is 15.8. The van der Waals surface area contributed by atoms with Crippen molar-refractivity contribution in [1.82, 2.24) is 9.97 Å². The number of fused-ring (bicyclic) bond motifs is 1. The Kier molecular flexibility index (Phi) is 5.29. The highest BCUT2D eigenvalue weighted by atomic mass is 32.1. The molecular formula is C20H22N4O3S. The van der Waals surface area contributed by atoms with Crippen LogP contribution in [0.15, 0.2) is 36.5 Å². The Morgan fingerprint density at radius 2 is 2.18 bits per heavy atom. The van der Waals surface area contributed by atoms with Gasteiger partial charge in [0.2, 0.25) is 5.91 Å². The van der Waals surface area contributed by atoms with E-state index in [4.69, 9.17) is 9.47 Å². The molecule has 3 aromatic rings. The van der Waals surface area contributed by atoms with E-state index in [1.165, 1.54) is 0 Å². The molecule has 8 heteroatoms. The maximum Gasteiger partial charge on any atom is 0.229 e. The number of nitrogens with one attached hydrogen (secondary N) is 1. The molecule has 1 saturated heterocycles. The molecule has 0 spiro atoms. The number of carbonyl (C=O) groups is 1. The first-order valence-corrected chi connectivity index (χ1v) is 9.99. The topological polar surface area (TPSA) is 76.6 Å². The van der Waals surface area contributed by atoms with Crippen molar-refractivity contribution in [3.8, 4) is 11.5 Å². The van der Waals surface area contributed by atoms with Crippen molar-refractivity contribution < 1.29 is 14.3 Å². The van der Waals surface area contributed by atoms with E-state index in [-0.39, 0.29) is 11.8 Å². The molecule has 1 aliphatic rings. The fraction of sp³-hybridized carbons (Fsp3) is 0.350. The molecule has 4 rings (SSSR count). The summed E-state index contributed by atoms with van der Waals surface area (Å²) in [6, 6.07) is 9.22. The second-order valence-electron chi connectivity index (χ2n) is 6.66. The number of benzene rings is 1. The summed E-state index contributed by atoms with van der Waals surface area (Å²) in [5, 5.41) is 3.93. The van der Waals surface area contributed by atoms with Gasteiger partial charge >= 0.3 is 0 Å². The lowest BCUT2D eigenvalue weighted by atomic mass is 9.97. The van der Waals surface area contributed by atoms with Crippen LogP contribution in [-0.4, -0.2) is 43.2 Å². The van der Waals surface area contributed by atoms with E-state index in [1.807, 2.05) is 12.1 Å². The molecule has 1 atom stereocenters. The fourth-order valence-corrected chi connectivity index (χ4v) is 4.34. The zero-order valence-corrected chi connectivity index (χ0v) is 16.7. The highest BCUT2D eigenvalue weighted by Gasteiger charge is 2.28. The molecule has 0 saturated carbocycles. The Bertz CT molecular complexity index is 957. The number of thiazole rings is 1. The molecular weight excluding hydrogens is 376 g/mol. The predicted molar refractivity (Wildman–Crippen MR) is 111 cm³/mol. The lowest BCUT2D eigenvalue weighted by molar-refractivity contribution is -0.120. The van der Waals surface area contributed by atoms with E-state index in [0.717, 1.165) is 34.9 Å². The average Bonchev–Trinajstić information content (AvgIpc) is 3.18. The average molecular weight is 398 g/mol. The minimum absolute atomic E-state index is 0.00703. The summed E-state index contributed by atoms with van der Waals surface area (Å²) in [6.07, 6.45) is 3.57. The summed E-state index contributed by atoms with van der Waals surface area (Å²) in [7, 11) is 3.18. The van der Waals surface area contributed by atoms with E-state index in [9.17, 15) is 4.79 Å². The third-order valence-corrected chi connectivity index (χ3v) is 5.92. The Labute approximate surface area is 167 Å². The molecule has 146 valence electrons. The van der Waals surface area contributed by atoms with Crippen LogP contribution < -0.4 is 19.7 Å². The van der Waals surface area contributed by atoms with Gasteiger partial charge < -0.3 is 19.7 Å². The lowest BCUT2D eigenvalue weighted by Gasteiger charge is -2.31. The molecule has 3 heterocycles. The maximum atomic E-state index is 12.9. The van der Waals surface area contributed by atoms with Gasteiger partial charge in [-0.15, -0.1) is 0 Å². The monoisotopic (exact) mass is 398 g/mol. The third kappa shape index (κ3) is 3.73. The fourth-order valence-electron chi connectivity index (χ4n) is 3.40. The van der Waals surface area contributed by atoms with E-state index in [0.29, 0.717) is 23.7 Å². The first-order chi connectivity index (χ1) is 13.7. The van der Waals surface area contributed by atoms with E-state index in [1.54, 1.807) is 50.0 Å². The number of anilines is 2. The van der Waals surface area contributed by atoms with E-state index >= 15 is 0 Å². The largest absolute Gasteiger partial charge is 0.497 e. The standard InChI is InChI=1S/C20H22N4O3S/c1-26-14-7-8-15(17(11-14)27-2)22-18(25)13-5-4-10-24(12-13)20-23-16-6-3-9-21-19(16)28-20/h3,6-9,11,13H,4-5,10,12H2,1-2H3,(H,22,25). The molecule has 1 N–H and O–H groups in total. The van der Waals surface area contributed by atoms with Crippen LogP contribution in [-0.2, 0) is 4.79 Å². The summed E-state index contributed by atoms with van der Waals surface area (Å²) in [4.78, 5) is 25.0. The van der Waals surface area contributed by atoms with Crippen LogP contribution in [0.5, 0.6) is 11.5 Å². The number of nitrogens with zero attached hydrogens (tertiary/aromatic N) is 3. The van der Waals surface area contributed by atoms with Crippen LogP contribution in [0, 0.1) is 5.92 Å². The number of carbonyl (C=O) groups excluding carboxylic acids is 1. The van der Waals surface area contributed by atoms with Crippen molar-refractivity contribution in [2.24, 2.45) is 5.92 Å². The van der Waals surface area contributed by atoms with Gasteiger partial charge in [-0.2, -0.15) is 0 Å². The Morgan fingerprint density at radius 1 is 1.29 bits per heavy atom. The van der Waals surface area contributed by atoms with Crippen LogP contribution in [0.1, 0.15) is 12.8 Å². The van der Waals surface area contributed by atoms with Crippen molar-refractivity contribution in [3.63, 3.8) is 0 Å². The Hall–Kier alpha value is -2.87. The third-order valence-electron chi connectivity index (χ3n) is 4.88. The van der Waals surface area contributed by atoms with Crippen LogP contribution in [0.4, 0.5) is 10.8 Å². The first kappa shape index (κ1) is 18.5. The molecule has 0 aliphatic carbocycles. The molecule has 7 nitrogen and oxygen atoms in total. The number of ether oxygens (including phenoxy) is 2. The minimum Gasteiger partial charge on any atom is -0.497 e. The van der Waals surface area contributed by atoms with Crippen LogP contribution in [0.2, 0.25) is 0 Å². The van der Waals surface area contributed by atoms with Crippen LogP contribution in [0.25, 0.3) is 10.3 Å². The second kappa shape index (κ2) is 8.02. The van der Waals surface area contributed by atoms with E-state index < -0.39 is 0 Å². The van der Waals surface area contributed by atoms with Gasteiger partial charge in [0, 0.05) is 25.4 Å². The minimum atomic E-state index is -0.111. The number of rotatable bonds is 5. The Morgan fingerprint density at radius 3 is 2.96 bits per heavy atom. The van der Waals surface area contributed by atoms with Gasteiger partial charge in [0.15, 0.2) is 5.13 Å². The van der Waals surface area contributed by atoms with Crippen LogP contribution in [0.3, 0.4) is 0 Å².